The molecule has 1 N–H and O–H groups in total. The summed E-state index contributed by atoms with van der Waals surface area (Å²) in [5, 5.41) is 2.84. The lowest BCUT2D eigenvalue weighted by Crippen LogP contribution is -2.57. The van der Waals surface area contributed by atoms with Crippen LogP contribution in [0.5, 0.6) is 17.2 Å². The first-order valence-electron chi connectivity index (χ1n) is 11.9. The van der Waals surface area contributed by atoms with E-state index in [0.29, 0.717) is 49.2 Å². The van der Waals surface area contributed by atoms with E-state index >= 15 is 0 Å². The van der Waals surface area contributed by atoms with Gasteiger partial charge in [-0.2, -0.15) is 0 Å². The highest BCUT2D eigenvalue weighted by Crippen LogP contribution is 2.38. The van der Waals surface area contributed by atoms with Crippen molar-refractivity contribution in [3.8, 4) is 17.2 Å². The zero-order valence-electron chi connectivity index (χ0n) is 21.0. The molecule has 1 fully saturated rings. The molecule has 2 heterocycles. The summed E-state index contributed by atoms with van der Waals surface area (Å²) in [5.74, 6) is 0.120. The first kappa shape index (κ1) is 25.2. The topological polar surface area (TPSA) is 102 Å². The average molecular weight is 497 g/mol. The number of ether oxygens (including phenoxy) is 4. The number of benzene rings is 2. The van der Waals surface area contributed by atoms with Gasteiger partial charge in [0.25, 0.3) is 0 Å². The van der Waals surface area contributed by atoms with Gasteiger partial charge in [0, 0.05) is 37.8 Å². The van der Waals surface area contributed by atoms with Gasteiger partial charge in [-0.1, -0.05) is 12.1 Å². The molecule has 0 saturated carbocycles. The lowest BCUT2D eigenvalue weighted by atomic mass is 9.90. The maximum absolute atomic E-state index is 13.2. The molecule has 2 aromatic rings. The molecule has 1 saturated heterocycles. The van der Waals surface area contributed by atoms with Crippen molar-refractivity contribution in [2.75, 3.05) is 59.0 Å². The average Bonchev–Trinajstić information content (AvgIpc) is 2.92. The van der Waals surface area contributed by atoms with Crippen molar-refractivity contribution < 1.29 is 28.5 Å². The van der Waals surface area contributed by atoms with Gasteiger partial charge in [0.2, 0.25) is 11.9 Å². The Morgan fingerprint density at radius 2 is 1.67 bits per heavy atom. The number of rotatable bonds is 7. The van der Waals surface area contributed by atoms with Crippen LogP contribution in [0.3, 0.4) is 0 Å². The molecule has 2 aromatic carbocycles. The second kappa shape index (κ2) is 11.2. The van der Waals surface area contributed by atoms with Gasteiger partial charge in [0.15, 0.2) is 5.92 Å². The number of aliphatic imine (C=N–C) groups is 1. The van der Waals surface area contributed by atoms with E-state index < -0.39 is 23.8 Å². The van der Waals surface area contributed by atoms with Crippen molar-refractivity contribution in [3.05, 3.63) is 48.0 Å². The Labute approximate surface area is 210 Å². The number of hydrogen-bond acceptors (Lipinski definition) is 9. The molecule has 0 bridgehead atoms. The van der Waals surface area contributed by atoms with Crippen molar-refractivity contribution >= 4 is 23.5 Å². The van der Waals surface area contributed by atoms with Gasteiger partial charge in [0.05, 0.1) is 33.6 Å². The fourth-order valence-corrected chi connectivity index (χ4v) is 4.56. The fourth-order valence-electron chi connectivity index (χ4n) is 4.56. The highest BCUT2D eigenvalue weighted by Gasteiger charge is 2.43. The maximum Gasteiger partial charge on any atom is 0.321 e. The minimum atomic E-state index is -1.13. The molecule has 0 spiro atoms. The molecule has 36 heavy (non-hydrogen) atoms. The number of nitrogens with zero attached hydrogens (tertiary/aromatic N) is 3. The van der Waals surface area contributed by atoms with Crippen LogP contribution in [0.15, 0.2) is 47.5 Å². The molecule has 192 valence electrons. The van der Waals surface area contributed by atoms with Gasteiger partial charge in [0.1, 0.15) is 23.3 Å². The predicted molar refractivity (Wildman–Crippen MR) is 135 cm³/mol. The molecule has 2 aliphatic rings. The van der Waals surface area contributed by atoms with Crippen LogP contribution in [-0.2, 0) is 14.3 Å². The van der Waals surface area contributed by atoms with Crippen molar-refractivity contribution in [1.82, 2.24) is 10.2 Å². The Hall–Kier alpha value is -3.95. The van der Waals surface area contributed by atoms with Gasteiger partial charge in [-0.05, 0) is 31.2 Å². The molecule has 10 nitrogen and oxygen atoms in total. The van der Waals surface area contributed by atoms with E-state index in [9.17, 15) is 9.59 Å². The number of guanidine groups is 1. The van der Waals surface area contributed by atoms with E-state index in [1.807, 2.05) is 29.2 Å². The van der Waals surface area contributed by atoms with E-state index in [4.69, 9.17) is 23.9 Å². The highest BCUT2D eigenvalue weighted by molar-refractivity contribution is 6.08. The van der Waals surface area contributed by atoms with Crippen LogP contribution in [0.4, 0.5) is 5.69 Å². The minimum Gasteiger partial charge on any atom is -0.497 e. The molecular weight excluding hydrogens is 464 g/mol. The largest absolute Gasteiger partial charge is 0.497 e. The Morgan fingerprint density at radius 3 is 2.33 bits per heavy atom. The lowest BCUT2D eigenvalue weighted by Gasteiger charge is -2.40. The number of piperazine rings is 1. The number of amides is 1. The van der Waals surface area contributed by atoms with Gasteiger partial charge >= 0.3 is 5.97 Å². The van der Waals surface area contributed by atoms with Crippen LogP contribution in [0, 0.1) is 5.92 Å². The first-order chi connectivity index (χ1) is 17.5. The molecule has 10 heteroatoms. The second-order valence-electron chi connectivity index (χ2n) is 8.37. The van der Waals surface area contributed by atoms with Gasteiger partial charge in [-0.3, -0.25) is 14.9 Å². The normalized spacial score (nSPS) is 19.8. The van der Waals surface area contributed by atoms with E-state index in [-0.39, 0.29) is 6.61 Å². The molecule has 2 atom stereocenters. The third kappa shape index (κ3) is 5.02. The lowest BCUT2D eigenvalue weighted by molar-refractivity contribution is -0.153. The van der Waals surface area contributed by atoms with Gasteiger partial charge in [-0.25, -0.2) is 4.99 Å². The zero-order chi connectivity index (χ0) is 25.7. The number of esters is 1. The zero-order valence-corrected chi connectivity index (χ0v) is 21.0. The standard InChI is InChI=1S/C26H32N4O6/c1-5-36-25(32)22-23(18-11-10-17(33-2)16-21(18)35-4)27-26(28-24(22)31)30-14-12-29(13-15-30)19-8-6-7-9-20(19)34-3/h6-11,16,22-23H,5,12-15H2,1-4H3,(H,27,28,31). The monoisotopic (exact) mass is 496 g/mol. The molecule has 4 rings (SSSR count). The highest BCUT2D eigenvalue weighted by atomic mass is 16.5. The quantitative estimate of drug-likeness (QED) is 0.460. The molecule has 0 aliphatic carbocycles. The summed E-state index contributed by atoms with van der Waals surface area (Å²) in [5.41, 5.74) is 1.63. The number of para-hydroxylation sites is 2. The molecule has 0 aromatic heterocycles. The summed E-state index contributed by atoms with van der Waals surface area (Å²) in [4.78, 5) is 35.2. The molecule has 2 aliphatic heterocycles. The molecule has 0 radical (unpaired) electrons. The number of carbonyl (C=O) groups excluding carboxylic acids is 2. The number of carbonyl (C=O) groups is 2. The van der Waals surface area contributed by atoms with Gasteiger partial charge < -0.3 is 28.7 Å². The van der Waals surface area contributed by atoms with Crippen LogP contribution in [0.1, 0.15) is 18.5 Å². The van der Waals surface area contributed by atoms with Crippen molar-refractivity contribution in [2.24, 2.45) is 10.9 Å². The van der Waals surface area contributed by atoms with E-state index in [1.54, 1.807) is 39.3 Å². The van der Waals surface area contributed by atoms with Crippen LogP contribution >= 0.6 is 0 Å². The number of anilines is 1. The molecule has 1 amide bonds. The SMILES string of the molecule is CCOC(=O)C1C(=O)NC(N2CCN(c3ccccc3OC)CC2)=NC1c1ccc(OC)cc1OC. The third-order valence-electron chi connectivity index (χ3n) is 6.40. The Kier molecular flexibility index (Phi) is 7.82. The van der Waals surface area contributed by atoms with Crippen LogP contribution in [-0.4, -0.2) is 76.9 Å². The first-order valence-corrected chi connectivity index (χ1v) is 11.9. The molecular formula is C26H32N4O6. The minimum absolute atomic E-state index is 0.163. The maximum atomic E-state index is 13.2. The molecule has 2 unspecified atom stereocenters. The Balaban J connectivity index is 1.62. The Bertz CT molecular complexity index is 1130. The van der Waals surface area contributed by atoms with Gasteiger partial charge in [-0.15, -0.1) is 0 Å². The Morgan fingerprint density at radius 1 is 0.972 bits per heavy atom. The number of hydrogen-bond donors (Lipinski definition) is 1. The van der Waals surface area contributed by atoms with Crippen molar-refractivity contribution in [3.63, 3.8) is 0 Å². The summed E-state index contributed by atoms with van der Waals surface area (Å²) in [6, 6.07) is 12.3. The summed E-state index contributed by atoms with van der Waals surface area (Å²) in [6.45, 7) is 4.57. The summed E-state index contributed by atoms with van der Waals surface area (Å²) in [7, 11) is 4.75. The van der Waals surface area contributed by atoms with E-state index in [2.05, 4.69) is 10.2 Å². The summed E-state index contributed by atoms with van der Waals surface area (Å²) in [6.07, 6.45) is 0. The van der Waals surface area contributed by atoms with Crippen LogP contribution in [0.25, 0.3) is 0 Å². The summed E-state index contributed by atoms with van der Waals surface area (Å²) >= 11 is 0. The van der Waals surface area contributed by atoms with Crippen molar-refractivity contribution in [2.45, 2.75) is 13.0 Å². The third-order valence-corrected chi connectivity index (χ3v) is 6.40. The number of nitrogens with one attached hydrogen (secondary N) is 1. The van der Waals surface area contributed by atoms with Crippen LogP contribution in [0.2, 0.25) is 0 Å². The van der Waals surface area contributed by atoms with Crippen LogP contribution < -0.4 is 24.4 Å². The predicted octanol–water partition coefficient (Wildman–Crippen LogP) is 2.24. The number of methoxy groups -OCH3 is 3. The smallest absolute Gasteiger partial charge is 0.321 e. The second-order valence-corrected chi connectivity index (χ2v) is 8.37. The summed E-state index contributed by atoms with van der Waals surface area (Å²) < 4.78 is 21.6. The fraction of sp³-hybridized carbons (Fsp3) is 0.423. The van der Waals surface area contributed by atoms with Crippen molar-refractivity contribution in [1.29, 1.82) is 0 Å². The van der Waals surface area contributed by atoms with E-state index in [1.165, 1.54) is 7.11 Å². The van der Waals surface area contributed by atoms with E-state index in [0.717, 1.165) is 11.4 Å².